The van der Waals surface area contributed by atoms with Crippen LogP contribution in [0.2, 0.25) is 0 Å². The standard InChI is InChI=1S/2C7H12O2/c1-5(2)6-3-7(8)9-4-6;1-5(2)6-3-4-7(8)9-6/h2*5-6H,3-4H2,1-2H3. The van der Waals surface area contributed by atoms with Crippen molar-refractivity contribution in [1.29, 1.82) is 0 Å². The first-order chi connectivity index (χ1) is 8.40. The fourth-order valence-electron chi connectivity index (χ4n) is 1.98. The molecule has 0 aromatic rings. The number of carbonyl (C=O) groups is 2. The lowest BCUT2D eigenvalue weighted by molar-refractivity contribution is -0.142. The zero-order valence-electron chi connectivity index (χ0n) is 11.8. The Kier molecular flexibility index (Phi) is 5.63. The van der Waals surface area contributed by atoms with E-state index in [9.17, 15) is 9.59 Å². The van der Waals surface area contributed by atoms with E-state index in [1.807, 2.05) is 0 Å². The van der Waals surface area contributed by atoms with Gasteiger partial charge in [0.15, 0.2) is 0 Å². The normalized spacial score (nSPS) is 27.0. The van der Waals surface area contributed by atoms with E-state index in [0.29, 0.717) is 37.2 Å². The van der Waals surface area contributed by atoms with Gasteiger partial charge in [-0.15, -0.1) is 0 Å². The molecule has 18 heavy (non-hydrogen) atoms. The number of hydrogen-bond acceptors (Lipinski definition) is 4. The zero-order valence-corrected chi connectivity index (χ0v) is 11.8. The Labute approximate surface area is 109 Å². The van der Waals surface area contributed by atoms with Crippen LogP contribution in [0.25, 0.3) is 0 Å². The Morgan fingerprint density at radius 1 is 1.06 bits per heavy atom. The molecule has 4 nitrogen and oxygen atoms in total. The van der Waals surface area contributed by atoms with Crippen LogP contribution in [0.5, 0.6) is 0 Å². The third-order valence-corrected chi connectivity index (χ3v) is 3.49. The van der Waals surface area contributed by atoms with E-state index in [1.165, 1.54) is 0 Å². The Balaban J connectivity index is 0.000000180. The van der Waals surface area contributed by atoms with E-state index in [2.05, 4.69) is 27.7 Å². The molecule has 0 amide bonds. The Morgan fingerprint density at radius 3 is 1.94 bits per heavy atom. The van der Waals surface area contributed by atoms with Crippen LogP contribution in [0.3, 0.4) is 0 Å². The summed E-state index contributed by atoms with van der Waals surface area (Å²) >= 11 is 0. The molecule has 2 saturated heterocycles. The minimum absolute atomic E-state index is 0.0336. The maximum Gasteiger partial charge on any atom is 0.306 e. The lowest BCUT2D eigenvalue weighted by atomic mass is 9.95. The van der Waals surface area contributed by atoms with Crippen molar-refractivity contribution in [2.24, 2.45) is 17.8 Å². The van der Waals surface area contributed by atoms with E-state index < -0.39 is 0 Å². The van der Waals surface area contributed by atoms with E-state index in [0.717, 1.165) is 6.42 Å². The smallest absolute Gasteiger partial charge is 0.306 e. The number of cyclic esters (lactones) is 2. The average Bonchev–Trinajstić information content (AvgIpc) is 2.88. The maximum atomic E-state index is 10.5. The molecule has 2 aliphatic rings. The van der Waals surface area contributed by atoms with E-state index in [-0.39, 0.29) is 18.0 Å². The van der Waals surface area contributed by atoms with Crippen LogP contribution in [0, 0.1) is 17.8 Å². The fourth-order valence-corrected chi connectivity index (χ4v) is 1.98. The summed E-state index contributed by atoms with van der Waals surface area (Å²) in [7, 11) is 0. The molecular weight excluding hydrogens is 232 g/mol. The summed E-state index contributed by atoms with van der Waals surface area (Å²) in [5, 5.41) is 0. The monoisotopic (exact) mass is 256 g/mol. The summed E-state index contributed by atoms with van der Waals surface area (Å²) < 4.78 is 9.77. The minimum atomic E-state index is -0.0336. The van der Waals surface area contributed by atoms with Crippen LogP contribution in [-0.2, 0) is 19.1 Å². The van der Waals surface area contributed by atoms with Crippen molar-refractivity contribution in [3.05, 3.63) is 0 Å². The van der Waals surface area contributed by atoms with E-state index in [4.69, 9.17) is 9.47 Å². The second kappa shape index (κ2) is 6.76. The molecule has 2 atom stereocenters. The lowest BCUT2D eigenvalue weighted by Crippen LogP contribution is -2.13. The second-order valence-electron chi connectivity index (χ2n) is 5.70. The van der Waals surface area contributed by atoms with Gasteiger partial charge in [-0.25, -0.2) is 0 Å². The highest BCUT2D eigenvalue weighted by molar-refractivity contribution is 5.71. The van der Waals surface area contributed by atoms with Crippen molar-refractivity contribution >= 4 is 11.9 Å². The number of rotatable bonds is 2. The summed E-state index contributed by atoms with van der Waals surface area (Å²) in [5.74, 6) is 1.47. The molecule has 0 spiro atoms. The van der Waals surface area contributed by atoms with Gasteiger partial charge in [0.1, 0.15) is 6.10 Å². The van der Waals surface area contributed by atoms with Gasteiger partial charge in [-0.2, -0.15) is 0 Å². The van der Waals surface area contributed by atoms with Crippen molar-refractivity contribution in [2.45, 2.75) is 53.1 Å². The molecule has 2 unspecified atom stereocenters. The second-order valence-corrected chi connectivity index (χ2v) is 5.70. The molecule has 2 heterocycles. The van der Waals surface area contributed by atoms with Gasteiger partial charge in [0.25, 0.3) is 0 Å². The van der Waals surface area contributed by atoms with Gasteiger partial charge in [-0.05, 0) is 18.3 Å². The van der Waals surface area contributed by atoms with Crippen molar-refractivity contribution in [1.82, 2.24) is 0 Å². The topological polar surface area (TPSA) is 52.6 Å². The Hall–Kier alpha value is -1.06. The first-order valence-corrected chi connectivity index (χ1v) is 6.75. The predicted molar refractivity (Wildman–Crippen MR) is 67.9 cm³/mol. The van der Waals surface area contributed by atoms with Gasteiger partial charge in [-0.1, -0.05) is 27.7 Å². The van der Waals surface area contributed by atoms with Gasteiger partial charge in [0.05, 0.1) is 13.0 Å². The van der Waals surface area contributed by atoms with Gasteiger partial charge in [0, 0.05) is 12.3 Å². The van der Waals surface area contributed by atoms with Crippen LogP contribution in [-0.4, -0.2) is 24.6 Å². The zero-order chi connectivity index (χ0) is 13.7. The first-order valence-electron chi connectivity index (χ1n) is 6.75. The molecule has 0 radical (unpaired) electrons. The van der Waals surface area contributed by atoms with Crippen molar-refractivity contribution in [3.63, 3.8) is 0 Å². The third kappa shape index (κ3) is 4.67. The molecular formula is C14H24O4. The molecule has 2 fully saturated rings. The Morgan fingerprint density at radius 2 is 1.72 bits per heavy atom. The van der Waals surface area contributed by atoms with Gasteiger partial charge >= 0.3 is 11.9 Å². The molecule has 4 heteroatoms. The number of ether oxygens (including phenoxy) is 2. The fraction of sp³-hybridized carbons (Fsp3) is 0.857. The average molecular weight is 256 g/mol. The summed E-state index contributed by atoms with van der Waals surface area (Å²) in [6.07, 6.45) is 2.34. The third-order valence-electron chi connectivity index (χ3n) is 3.49. The lowest BCUT2D eigenvalue weighted by Gasteiger charge is -2.11. The summed E-state index contributed by atoms with van der Waals surface area (Å²) in [6, 6.07) is 0. The number of esters is 2. The molecule has 2 rings (SSSR count). The Bertz CT molecular complexity index is 266. The highest BCUT2D eigenvalue weighted by atomic mass is 16.6. The largest absolute Gasteiger partial charge is 0.465 e. The van der Waals surface area contributed by atoms with Crippen molar-refractivity contribution in [2.75, 3.05) is 6.61 Å². The molecule has 0 bridgehead atoms. The maximum absolute atomic E-state index is 10.5. The molecule has 104 valence electrons. The summed E-state index contributed by atoms with van der Waals surface area (Å²) in [4.78, 5) is 21.1. The van der Waals surface area contributed by atoms with E-state index in [1.54, 1.807) is 0 Å². The first kappa shape index (κ1) is 15.0. The van der Waals surface area contributed by atoms with E-state index >= 15 is 0 Å². The molecule has 0 aliphatic carbocycles. The van der Waals surface area contributed by atoms with Crippen LogP contribution in [0.15, 0.2) is 0 Å². The van der Waals surface area contributed by atoms with Gasteiger partial charge in [0.2, 0.25) is 0 Å². The molecule has 0 aromatic carbocycles. The SMILES string of the molecule is CC(C)C1CCC(=O)O1.CC(C)C1COC(=O)C1. The van der Waals surface area contributed by atoms with Crippen LogP contribution >= 0.6 is 0 Å². The highest BCUT2D eigenvalue weighted by Gasteiger charge is 2.26. The van der Waals surface area contributed by atoms with Crippen LogP contribution < -0.4 is 0 Å². The van der Waals surface area contributed by atoms with Gasteiger partial charge in [-0.3, -0.25) is 9.59 Å². The molecule has 2 aliphatic heterocycles. The molecule has 0 aromatic heterocycles. The van der Waals surface area contributed by atoms with Crippen molar-refractivity contribution in [3.8, 4) is 0 Å². The number of hydrogen-bond donors (Lipinski definition) is 0. The predicted octanol–water partition coefficient (Wildman–Crippen LogP) is 2.55. The van der Waals surface area contributed by atoms with Gasteiger partial charge < -0.3 is 9.47 Å². The summed E-state index contributed by atoms with van der Waals surface area (Å²) in [6.45, 7) is 9.02. The minimum Gasteiger partial charge on any atom is -0.465 e. The molecule has 0 N–H and O–H groups in total. The number of carbonyl (C=O) groups excluding carboxylic acids is 2. The van der Waals surface area contributed by atoms with Crippen LogP contribution in [0.1, 0.15) is 47.0 Å². The quantitative estimate of drug-likeness (QED) is 0.712. The van der Waals surface area contributed by atoms with Crippen molar-refractivity contribution < 1.29 is 19.1 Å². The van der Waals surface area contributed by atoms with Crippen LogP contribution in [0.4, 0.5) is 0 Å². The molecule has 0 saturated carbocycles. The highest BCUT2D eigenvalue weighted by Crippen LogP contribution is 2.21. The summed E-state index contributed by atoms with van der Waals surface area (Å²) in [5.41, 5.74) is 0.